The van der Waals surface area contributed by atoms with E-state index in [-0.39, 0.29) is 6.61 Å². The third-order valence-corrected chi connectivity index (χ3v) is 2.53. The van der Waals surface area contributed by atoms with Crippen LogP contribution in [0.1, 0.15) is 11.7 Å². The van der Waals surface area contributed by atoms with E-state index in [2.05, 4.69) is 9.05 Å². The van der Waals surface area contributed by atoms with Gasteiger partial charge in [0.05, 0.1) is 0 Å². The minimum atomic E-state index is -2.80. The van der Waals surface area contributed by atoms with Gasteiger partial charge in [-0.3, -0.25) is 0 Å². The van der Waals surface area contributed by atoms with Gasteiger partial charge in [-0.05, 0) is 5.56 Å². The summed E-state index contributed by atoms with van der Waals surface area (Å²) in [6, 6.07) is 8.53. The summed E-state index contributed by atoms with van der Waals surface area (Å²) in [7, 11) is -5.56. The summed E-state index contributed by atoms with van der Waals surface area (Å²) in [5.74, 6) is 0. The molecule has 3 unspecified atom stereocenters. The molecule has 3 atom stereocenters. The Morgan fingerprint density at radius 1 is 1.12 bits per heavy atom. The first-order chi connectivity index (χ1) is 7.59. The SMILES string of the molecule is O=[P+](O)OCC(O[P+](=O)O)c1ccccc1. The van der Waals surface area contributed by atoms with Crippen LogP contribution in [0.4, 0.5) is 0 Å². The normalized spacial score (nSPS) is 14.4. The van der Waals surface area contributed by atoms with Gasteiger partial charge in [-0.2, -0.15) is 0 Å². The second-order valence-electron chi connectivity index (χ2n) is 2.78. The molecular formula is C8H10O6P2+2. The zero-order chi connectivity index (χ0) is 12.0. The van der Waals surface area contributed by atoms with Crippen molar-refractivity contribution in [1.82, 2.24) is 0 Å². The molecule has 6 nitrogen and oxygen atoms in total. The van der Waals surface area contributed by atoms with Gasteiger partial charge in [0.1, 0.15) is 6.61 Å². The second kappa shape index (κ2) is 6.76. The van der Waals surface area contributed by atoms with Gasteiger partial charge >= 0.3 is 16.5 Å². The molecule has 0 fully saturated rings. The van der Waals surface area contributed by atoms with Crippen molar-refractivity contribution in [3.05, 3.63) is 35.9 Å². The minimum Gasteiger partial charge on any atom is -0.133 e. The summed E-state index contributed by atoms with van der Waals surface area (Å²) < 4.78 is 30.1. The monoisotopic (exact) mass is 264 g/mol. The number of hydrogen-bond acceptors (Lipinski definition) is 4. The smallest absolute Gasteiger partial charge is 0.133 e. The van der Waals surface area contributed by atoms with Crippen molar-refractivity contribution < 1.29 is 28.0 Å². The summed E-state index contributed by atoms with van der Waals surface area (Å²) in [6.45, 7) is -0.267. The maximum absolute atomic E-state index is 10.6. The number of hydrogen-bond donors (Lipinski definition) is 2. The van der Waals surface area contributed by atoms with E-state index >= 15 is 0 Å². The molecule has 0 aliphatic heterocycles. The third kappa shape index (κ3) is 4.86. The molecule has 86 valence electrons. The van der Waals surface area contributed by atoms with Crippen LogP contribution in [0, 0.1) is 0 Å². The average molecular weight is 264 g/mol. The van der Waals surface area contributed by atoms with E-state index in [0.29, 0.717) is 5.56 Å². The van der Waals surface area contributed by atoms with Crippen molar-refractivity contribution in [1.29, 1.82) is 0 Å². The highest BCUT2D eigenvalue weighted by Crippen LogP contribution is 2.31. The van der Waals surface area contributed by atoms with Crippen LogP contribution in [0.25, 0.3) is 0 Å². The van der Waals surface area contributed by atoms with E-state index in [1.165, 1.54) is 0 Å². The Morgan fingerprint density at radius 2 is 1.75 bits per heavy atom. The van der Waals surface area contributed by atoms with Gasteiger partial charge in [-0.15, -0.1) is 18.8 Å². The van der Waals surface area contributed by atoms with Gasteiger partial charge in [-0.1, -0.05) is 30.3 Å². The van der Waals surface area contributed by atoms with Crippen LogP contribution in [0.3, 0.4) is 0 Å². The largest absolute Gasteiger partial charge is 0.695 e. The van der Waals surface area contributed by atoms with Crippen molar-refractivity contribution in [2.75, 3.05) is 6.61 Å². The maximum Gasteiger partial charge on any atom is 0.695 e. The van der Waals surface area contributed by atoms with Crippen LogP contribution in [0.15, 0.2) is 30.3 Å². The molecule has 1 aromatic rings. The van der Waals surface area contributed by atoms with Crippen LogP contribution in [-0.4, -0.2) is 16.4 Å². The predicted octanol–water partition coefficient (Wildman–Crippen LogP) is 2.06. The molecule has 0 aliphatic carbocycles. The van der Waals surface area contributed by atoms with Crippen molar-refractivity contribution >= 4 is 16.5 Å². The molecule has 0 aromatic heterocycles. The summed E-state index contributed by atoms with van der Waals surface area (Å²) in [4.78, 5) is 17.1. The molecule has 0 aliphatic rings. The lowest BCUT2D eigenvalue weighted by molar-refractivity contribution is 0.120. The van der Waals surface area contributed by atoms with Crippen LogP contribution in [0.5, 0.6) is 0 Å². The molecule has 8 heteroatoms. The Labute approximate surface area is 93.7 Å². The van der Waals surface area contributed by atoms with Gasteiger partial charge < -0.3 is 0 Å². The van der Waals surface area contributed by atoms with Crippen molar-refractivity contribution in [2.24, 2.45) is 0 Å². The van der Waals surface area contributed by atoms with Crippen LogP contribution in [0.2, 0.25) is 0 Å². The lowest BCUT2D eigenvalue weighted by atomic mass is 10.1. The highest BCUT2D eigenvalue weighted by molar-refractivity contribution is 7.32. The van der Waals surface area contributed by atoms with Crippen LogP contribution < -0.4 is 0 Å². The molecule has 0 heterocycles. The predicted molar refractivity (Wildman–Crippen MR) is 55.9 cm³/mol. The highest BCUT2D eigenvalue weighted by atomic mass is 31.1. The Hall–Kier alpha value is -0.740. The molecule has 2 N–H and O–H groups in total. The fraction of sp³-hybridized carbons (Fsp3) is 0.250. The Bertz CT molecular complexity index is 368. The van der Waals surface area contributed by atoms with Gasteiger partial charge in [0, 0.05) is 9.13 Å². The van der Waals surface area contributed by atoms with Crippen molar-refractivity contribution in [3.8, 4) is 0 Å². The van der Waals surface area contributed by atoms with Gasteiger partial charge in [0.25, 0.3) is 0 Å². The van der Waals surface area contributed by atoms with E-state index in [1.807, 2.05) is 0 Å². The molecular weight excluding hydrogens is 254 g/mol. The third-order valence-electron chi connectivity index (χ3n) is 1.73. The van der Waals surface area contributed by atoms with Gasteiger partial charge in [0.2, 0.25) is 0 Å². The van der Waals surface area contributed by atoms with E-state index < -0.39 is 22.6 Å². The van der Waals surface area contributed by atoms with E-state index in [0.717, 1.165) is 0 Å². The summed E-state index contributed by atoms with van der Waals surface area (Å²) >= 11 is 0. The highest BCUT2D eigenvalue weighted by Gasteiger charge is 2.28. The summed E-state index contributed by atoms with van der Waals surface area (Å²) in [5.41, 5.74) is 0.594. The molecule has 1 aromatic carbocycles. The van der Waals surface area contributed by atoms with Gasteiger partial charge in [0.15, 0.2) is 6.10 Å². The van der Waals surface area contributed by atoms with Crippen LogP contribution >= 0.6 is 16.5 Å². The first-order valence-electron chi connectivity index (χ1n) is 4.26. The maximum atomic E-state index is 10.6. The number of rotatable bonds is 6. The van der Waals surface area contributed by atoms with E-state index in [4.69, 9.17) is 9.79 Å². The zero-order valence-electron chi connectivity index (χ0n) is 8.09. The Morgan fingerprint density at radius 3 is 2.25 bits per heavy atom. The van der Waals surface area contributed by atoms with Gasteiger partial charge in [-0.25, -0.2) is 0 Å². The molecule has 0 bridgehead atoms. The topological polar surface area (TPSA) is 93.1 Å². The molecule has 0 saturated carbocycles. The quantitative estimate of drug-likeness (QED) is 0.764. The summed E-state index contributed by atoms with van der Waals surface area (Å²) in [5, 5.41) is 0. The standard InChI is InChI=1S/C8H8O6P2/c9-15(10)13-6-8(14-16(11)12)7-4-2-1-3-5-7/h1-5,8H,6H2/p+2. The molecule has 16 heavy (non-hydrogen) atoms. The molecule has 0 saturated heterocycles. The fourth-order valence-electron chi connectivity index (χ4n) is 1.10. The van der Waals surface area contributed by atoms with E-state index in [9.17, 15) is 9.13 Å². The minimum absolute atomic E-state index is 0.267. The molecule has 1 rings (SSSR count). The molecule has 0 amide bonds. The first-order valence-corrected chi connectivity index (χ1v) is 6.52. The average Bonchev–Trinajstić information content (AvgIpc) is 2.25. The van der Waals surface area contributed by atoms with E-state index in [1.54, 1.807) is 30.3 Å². The second-order valence-corrected chi connectivity index (χ2v) is 4.20. The number of benzene rings is 1. The zero-order valence-corrected chi connectivity index (χ0v) is 9.88. The Kier molecular flexibility index (Phi) is 5.63. The molecule has 0 spiro atoms. The summed E-state index contributed by atoms with van der Waals surface area (Å²) in [6.07, 6.45) is -0.846. The van der Waals surface area contributed by atoms with Crippen molar-refractivity contribution in [3.63, 3.8) is 0 Å². The van der Waals surface area contributed by atoms with Crippen LogP contribution in [-0.2, 0) is 18.2 Å². The lowest BCUT2D eigenvalue weighted by Crippen LogP contribution is -2.06. The fourth-order valence-corrected chi connectivity index (χ4v) is 1.76. The Balaban J connectivity index is 2.71. The first kappa shape index (κ1) is 13.3. The lowest BCUT2D eigenvalue weighted by Gasteiger charge is -2.05. The van der Waals surface area contributed by atoms with Crippen molar-refractivity contribution in [2.45, 2.75) is 6.10 Å². The molecule has 0 radical (unpaired) electrons.